The second-order valence-corrected chi connectivity index (χ2v) is 8.37. The van der Waals surface area contributed by atoms with Gasteiger partial charge in [0.05, 0.1) is 12.9 Å². The fourth-order valence-electron chi connectivity index (χ4n) is 3.89. The lowest BCUT2D eigenvalue weighted by Crippen LogP contribution is -2.47. The Morgan fingerprint density at radius 1 is 1.06 bits per heavy atom. The number of para-hydroxylation sites is 1. The first kappa shape index (κ1) is 22.3. The zero-order valence-corrected chi connectivity index (χ0v) is 18.2. The predicted octanol–water partition coefficient (Wildman–Crippen LogP) is 3.90. The van der Waals surface area contributed by atoms with E-state index in [1.54, 1.807) is 24.4 Å². The highest BCUT2D eigenvalue weighted by atomic mass is 19.1. The van der Waals surface area contributed by atoms with Gasteiger partial charge in [0.2, 0.25) is 0 Å². The van der Waals surface area contributed by atoms with Crippen LogP contribution in [0.3, 0.4) is 0 Å². The van der Waals surface area contributed by atoms with E-state index in [-0.39, 0.29) is 12.4 Å². The first-order chi connectivity index (χ1) is 15.6. The molecule has 2 aromatic carbocycles. The second kappa shape index (κ2) is 10.6. The van der Waals surface area contributed by atoms with Crippen LogP contribution in [0, 0.1) is 5.82 Å². The number of likely N-dealkylation sites (tertiary alicyclic amines) is 1. The monoisotopic (exact) mass is 439 g/mol. The zero-order valence-electron chi connectivity index (χ0n) is 18.2. The first-order valence-electron chi connectivity index (χ1n) is 11.1. The molecule has 7 heteroatoms. The van der Waals surface area contributed by atoms with Gasteiger partial charge in [-0.05, 0) is 49.1 Å². The van der Waals surface area contributed by atoms with Crippen molar-refractivity contribution in [1.82, 2.24) is 14.5 Å². The van der Waals surface area contributed by atoms with Gasteiger partial charge in [0.1, 0.15) is 18.0 Å². The molecule has 0 radical (unpaired) electrons. The quantitative estimate of drug-likeness (QED) is 0.486. The van der Waals surface area contributed by atoms with E-state index in [0.29, 0.717) is 19.4 Å². The minimum Gasteiger partial charge on any atom is -0.494 e. The molecule has 0 aliphatic carbocycles. The number of hydrogen-bond acceptors (Lipinski definition) is 5. The maximum atomic E-state index is 13.7. The topological polar surface area (TPSA) is 59.8 Å². The SMILES string of the molecule is OC1(COc2ccccc2F)CCN(Cc2cccc(OCCCn3ccnc3)c2)CC1. The van der Waals surface area contributed by atoms with E-state index in [4.69, 9.17) is 9.47 Å². The molecule has 0 spiro atoms. The summed E-state index contributed by atoms with van der Waals surface area (Å²) < 4.78 is 27.2. The van der Waals surface area contributed by atoms with Crippen molar-refractivity contribution in [3.05, 3.63) is 78.6 Å². The number of aryl methyl sites for hydroxylation is 1. The molecule has 0 unspecified atom stereocenters. The molecule has 1 aliphatic rings. The number of imidazole rings is 1. The molecule has 1 fully saturated rings. The fourth-order valence-corrected chi connectivity index (χ4v) is 3.89. The van der Waals surface area contributed by atoms with Crippen molar-refractivity contribution in [2.75, 3.05) is 26.3 Å². The van der Waals surface area contributed by atoms with Crippen molar-refractivity contribution in [2.45, 2.75) is 38.0 Å². The van der Waals surface area contributed by atoms with Crippen LogP contribution in [-0.2, 0) is 13.1 Å². The molecule has 1 aliphatic heterocycles. The summed E-state index contributed by atoms with van der Waals surface area (Å²) in [5, 5.41) is 10.8. The summed E-state index contributed by atoms with van der Waals surface area (Å²) in [6, 6.07) is 14.5. The molecule has 0 bridgehead atoms. The number of piperidine rings is 1. The third-order valence-electron chi connectivity index (χ3n) is 5.81. The highest BCUT2D eigenvalue weighted by Gasteiger charge is 2.33. The molecule has 2 heterocycles. The molecule has 4 rings (SSSR count). The third kappa shape index (κ3) is 6.31. The highest BCUT2D eigenvalue weighted by molar-refractivity contribution is 5.28. The van der Waals surface area contributed by atoms with E-state index < -0.39 is 11.4 Å². The summed E-state index contributed by atoms with van der Waals surface area (Å²) >= 11 is 0. The summed E-state index contributed by atoms with van der Waals surface area (Å²) in [5.41, 5.74) is 0.254. The number of benzene rings is 2. The number of ether oxygens (including phenoxy) is 2. The first-order valence-corrected chi connectivity index (χ1v) is 11.1. The van der Waals surface area contributed by atoms with Gasteiger partial charge in [0.25, 0.3) is 0 Å². The van der Waals surface area contributed by atoms with E-state index in [9.17, 15) is 9.50 Å². The van der Waals surface area contributed by atoms with Crippen LogP contribution in [0.25, 0.3) is 0 Å². The van der Waals surface area contributed by atoms with Crippen LogP contribution in [0.2, 0.25) is 0 Å². The van der Waals surface area contributed by atoms with Crippen molar-refractivity contribution in [1.29, 1.82) is 0 Å². The number of aliphatic hydroxyl groups is 1. The molecule has 1 aromatic heterocycles. The third-order valence-corrected chi connectivity index (χ3v) is 5.81. The summed E-state index contributed by atoms with van der Waals surface area (Å²) in [6.07, 6.45) is 7.64. The smallest absolute Gasteiger partial charge is 0.165 e. The Labute approximate surface area is 188 Å². The second-order valence-electron chi connectivity index (χ2n) is 8.37. The maximum Gasteiger partial charge on any atom is 0.165 e. The molecule has 32 heavy (non-hydrogen) atoms. The molecule has 170 valence electrons. The van der Waals surface area contributed by atoms with Gasteiger partial charge in [-0.3, -0.25) is 4.90 Å². The van der Waals surface area contributed by atoms with Gasteiger partial charge in [0, 0.05) is 38.6 Å². The lowest BCUT2D eigenvalue weighted by Gasteiger charge is -2.38. The molecular formula is C25H30FN3O3. The van der Waals surface area contributed by atoms with Crippen LogP contribution in [-0.4, -0.2) is 51.5 Å². The van der Waals surface area contributed by atoms with Crippen molar-refractivity contribution in [3.8, 4) is 11.5 Å². The molecule has 1 N–H and O–H groups in total. The maximum absolute atomic E-state index is 13.7. The van der Waals surface area contributed by atoms with Gasteiger partial charge < -0.3 is 19.1 Å². The molecule has 6 nitrogen and oxygen atoms in total. The Hall–Kier alpha value is -2.90. The number of aromatic nitrogens is 2. The molecule has 0 atom stereocenters. The van der Waals surface area contributed by atoms with E-state index in [0.717, 1.165) is 38.3 Å². The number of hydrogen-bond donors (Lipinski definition) is 1. The van der Waals surface area contributed by atoms with E-state index in [1.165, 1.54) is 11.6 Å². The average molecular weight is 440 g/mol. The van der Waals surface area contributed by atoms with Crippen molar-refractivity contribution in [2.24, 2.45) is 0 Å². The van der Waals surface area contributed by atoms with Gasteiger partial charge in [-0.15, -0.1) is 0 Å². The summed E-state index contributed by atoms with van der Waals surface area (Å²) in [5.74, 6) is 0.655. The fraction of sp³-hybridized carbons (Fsp3) is 0.400. The average Bonchev–Trinajstić information content (AvgIpc) is 3.32. The molecule has 3 aromatic rings. The summed E-state index contributed by atoms with van der Waals surface area (Å²) in [6.45, 7) is 3.96. The Morgan fingerprint density at radius 2 is 1.91 bits per heavy atom. The van der Waals surface area contributed by atoms with Crippen LogP contribution < -0.4 is 9.47 Å². The van der Waals surface area contributed by atoms with Crippen molar-refractivity contribution >= 4 is 0 Å². The van der Waals surface area contributed by atoms with Gasteiger partial charge in [-0.1, -0.05) is 24.3 Å². The standard InChI is InChI=1S/C25H30FN3O3/c26-23-7-1-2-8-24(23)32-19-25(30)9-13-28(14-10-25)18-21-5-3-6-22(17-21)31-16-4-12-29-15-11-27-20-29/h1-3,5-8,11,15,17,20,30H,4,9-10,12-14,16,18-19H2. The van der Waals surface area contributed by atoms with Crippen LogP contribution in [0.15, 0.2) is 67.3 Å². The lowest BCUT2D eigenvalue weighted by atomic mass is 9.92. The van der Waals surface area contributed by atoms with E-state index in [2.05, 4.69) is 22.0 Å². The number of nitrogens with zero attached hydrogens (tertiary/aromatic N) is 3. The molecule has 0 saturated carbocycles. The number of halogens is 1. The predicted molar refractivity (Wildman–Crippen MR) is 120 cm³/mol. The van der Waals surface area contributed by atoms with Gasteiger partial charge >= 0.3 is 0 Å². The van der Waals surface area contributed by atoms with Crippen LogP contribution >= 0.6 is 0 Å². The van der Waals surface area contributed by atoms with Crippen LogP contribution in [0.1, 0.15) is 24.8 Å². The molecule has 0 amide bonds. The van der Waals surface area contributed by atoms with Gasteiger partial charge in [-0.2, -0.15) is 0 Å². The molecular weight excluding hydrogens is 409 g/mol. The van der Waals surface area contributed by atoms with E-state index >= 15 is 0 Å². The van der Waals surface area contributed by atoms with Crippen LogP contribution in [0.5, 0.6) is 11.5 Å². The normalized spacial score (nSPS) is 16.1. The Kier molecular flexibility index (Phi) is 7.39. The largest absolute Gasteiger partial charge is 0.494 e. The van der Waals surface area contributed by atoms with Gasteiger partial charge in [-0.25, -0.2) is 9.37 Å². The minimum absolute atomic E-state index is 0.101. The summed E-state index contributed by atoms with van der Waals surface area (Å²) in [7, 11) is 0. The highest BCUT2D eigenvalue weighted by Crippen LogP contribution is 2.26. The Balaban J connectivity index is 1.20. The minimum atomic E-state index is -0.932. The Bertz CT molecular complexity index is 972. The van der Waals surface area contributed by atoms with Crippen LogP contribution in [0.4, 0.5) is 4.39 Å². The van der Waals surface area contributed by atoms with Gasteiger partial charge in [0.15, 0.2) is 11.6 Å². The van der Waals surface area contributed by atoms with E-state index in [1.807, 2.05) is 29.2 Å². The van der Waals surface area contributed by atoms with Crippen molar-refractivity contribution < 1.29 is 19.0 Å². The Morgan fingerprint density at radius 3 is 2.69 bits per heavy atom. The zero-order chi connectivity index (χ0) is 22.2. The summed E-state index contributed by atoms with van der Waals surface area (Å²) in [4.78, 5) is 6.36. The van der Waals surface area contributed by atoms with Crippen molar-refractivity contribution in [3.63, 3.8) is 0 Å². The molecule has 1 saturated heterocycles. The number of rotatable bonds is 10. The lowest BCUT2D eigenvalue weighted by molar-refractivity contribution is -0.0543.